The molecule has 0 spiro atoms. The first-order chi connectivity index (χ1) is 9.24. The third-order valence-electron chi connectivity index (χ3n) is 3.12. The van der Waals surface area contributed by atoms with E-state index in [2.05, 4.69) is 9.97 Å². The van der Waals surface area contributed by atoms with E-state index in [1.165, 1.54) is 10.9 Å². The molecule has 0 saturated carbocycles. The summed E-state index contributed by atoms with van der Waals surface area (Å²) in [6.07, 6.45) is 1.45. The maximum Gasteiger partial charge on any atom is 0.277 e. The second-order valence-electron chi connectivity index (χ2n) is 4.23. The first kappa shape index (κ1) is 11.7. The zero-order chi connectivity index (χ0) is 13.4. The number of nitrogens with zero attached hydrogens (tertiary/aromatic N) is 2. The number of fused-ring (bicyclic) bond motifs is 3. The van der Waals surface area contributed by atoms with Gasteiger partial charge in [-0.25, -0.2) is 4.98 Å². The normalized spacial score (nSPS) is 11.3. The summed E-state index contributed by atoms with van der Waals surface area (Å²) in [4.78, 5) is 19.5. The molecule has 98 valence electrons. The molecule has 1 aromatic carbocycles. The minimum Gasteiger partial charge on any atom is -0.497 e. The van der Waals surface area contributed by atoms with Crippen molar-refractivity contribution in [2.75, 3.05) is 13.7 Å². The molecule has 3 aromatic rings. The van der Waals surface area contributed by atoms with Crippen molar-refractivity contribution in [2.24, 2.45) is 0 Å². The second-order valence-corrected chi connectivity index (χ2v) is 4.23. The van der Waals surface area contributed by atoms with Gasteiger partial charge in [0.1, 0.15) is 16.8 Å². The Balaban J connectivity index is 2.34. The van der Waals surface area contributed by atoms with E-state index in [9.17, 15) is 4.79 Å². The molecule has 0 radical (unpaired) electrons. The van der Waals surface area contributed by atoms with Crippen LogP contribution in [0.15, 0.2) is 29.3 Å². The van der Waals surface area contributed by atoms with Crippen molar-refractivity contribution >= 4 is 21.9 Å². The van der Waals surface area contributed by atoms with Gasteiger partial charge in [0.05, 0.1) is 26.6 Å². The summed E-state index contributed by atoms with van der Waals surface area (Å²) in [5, 5.41) is 9.76. The van der Waals surface area contributed by atoms with E-state index in [4.69, 9.17) is 9.84 Å². The summed E-state index contributed by atoms with van der Waals surface area (Å²) in [7, 11) is 1.59. The topological polar surface area (TPSA) is 80.1 Å². The lowest BCUT2D eigenvalue weighted by molar-refractivity contribution is 0.274. The van der Waals surface area contributed by atoms with Gasteiger partial charge in [0.2, 0.25) is 0 Å². The molecule has 0 aliphatic rings. The SMILES string of the molecule is COc1ccc2[nH]c3c(=O)n(CCO)cnc3c2c1. The number of aromatic nitrogens is 3. The van der Waals surface area contributed by atoms with Gasteiger partial charge in [0.15, 0.2) is 0 Å². The highest BCUT2D eigenvalue weighted by Gasteiger charge is 2.11. The van der Waals surface area contributed by atoms with E-state index in [1.54, 1.807) is 7.11 Å². The van der Waals surface area contributed by atoms with Crippen molar-refractivity contribution < 1.29 is 9.84 Å². The van der Waals surface area contributed by atoms with E-state index in [-0.39, 0.29) is 18.7 Å². The highest BCUT2D eigenvalue weighted by atomic mass is 16.5. The second kappa shape index (κ2) is 4.40. The highest BCUT2D eigenvalue weighted by molar-refractivity contribution is 6.04. The smallest absolute Gasteiger partial charge is 0.277 e. The minimum absolute atomic E-state index is 0.0961. The number of aromatic amines is 1. The molecule has 2 aromatic heterocycles. The van der Waals surface area contributed by atoms with Crippen molar-refractivity contribution in [3.8, 4) is 5.75 Å². The van der Waals surface area contributed by atoms with Crippen LogP contribution in [0.5, 0.6) is 5.75 Å². The molecule has 6 heteroatoms. The van der Waals surface area contributed by atoms with Crippen molar-refractivity contribution in [3.05, 3.63) is 34.9 Å². The van der Waals surface area contributed by atoms with Crippen molar-refractivity contribution in [2.45, 2.75) is 6.54 Å². The molecule has 0 atom stereocenters. The lowest BCUT2D eigenvalue weighted by Crippen LogP contribution is -2.22. The third-order valence-corrected chi connectivity index (χ3v) is 3.12. The van der Waals surface area contributed by atoms with Crippen LogP contribution in [0.25, 0.3) is 21.9 Å². The summed E-state index contributed by atoms with van der Waals surface area (Å²) in [6.45, 7) is 0.140. The summed E-state index contributed by atoms with van der Waals surface area (Å²) in [5.74, 6) is 0.717. The lowest BCUT2D eigenvalue weighted by atomic mass is 10.2. The van der Waals surface area contributed by atoms with Crippen LogP contribution in [0.4, 0.5) is 0 Å². The number of H-pyrrole nitrogens is 1. The number of aliphatic hydroxyl groups excluding tert-OH is 1. The zero-order valence-electron chi connectivity index (χ0n) is 10.4. The quantitative estimate of drug-likeness (QED) is 0.731. The van der Waals surface area contributed by atoms with E-state index in [1.807, 2.05) is 18.2 Å². The monoisotopic (exact) mass is 259 g/mol. The van der Waals surface area contributed by atoms with Crippen LogP contribution in [-0.2, 0) is 6.54 Å². The molecule has 0 aliphatic carbocycles. The minimum atomic E-state index is -0.186. The molecule has 6 nitrogen and oxygen atoms in total. The van der Waals surface area contributed by atoms with Crippen LogP contribution in [0.3, 0.4) is 0 Å². The van der Waals surface area contributed by atoms with E-state index in [0.717, 1.165) is 16.7 Å². The third kappa shape index (κ3) is 1.77. The Morgan fingerprint density at radius 2 is 2.32 bits per heavy atom. The summed E-state index contributed by atoms with van der Waals surface area (Å²) >= 11 is 0. The first-order valence-corrected chi connectivity index (χ1v) is 5.90. The summed E-state index contributed by atoms with van der Waals surface area (Å²) in [5.41, 5.74) is 1.71. The van der Waals surface area contributed by atoms with E-state index < -0.39 is 0 Å². The number of aliphatic hydroxyl groups is 1. The maximum absolute atomic E-state index is 12.2. The lowest BCUT2D eigenvalue weighted by Gasteiger charge is -2.01. The van der Waals surface area contributed by atoms with Gasteiger partial charge in [-0.15, -0.1) is 0 Å². The maximum atomic E-state index is 12.2. The molecule has 0 fully saturated rings. The molecule has 0 unspecified atom stereocenters. The number of ether oxygens (including phenoxy) is 1. The fourth-order valence-corrected chi connectivity index (χ4v) is 2.16. The molecule has 0 bridgehead atoms. The first-order valence-electron chi connectivity index (χ1n) is 5.90. The van der Waals surface area contributed by atoms with Gasteiger partial charge in [0.25, 0.3) is 5.56 Å². The Hall–Kier alpha value is -2.34. The van der Waals surface area contributed by atoms with Crippen molar-refractivity contribution in [3.63, 3.8) is 0 Å². The summed E-state index contributed by atoms with van der Waals surface area (Å²) in [6, 6.07) is 5.52. The number of methoxy groups -OCH3 is 1. The van der Waals surface area contributed by atoms with Gasteiger partial charge in [-0.05, 0) is 18.2 Å². The van der Waals surface area contributed by atoms with Crippen LogP contribution < -0.4 is 10.3 Å². The fourth-order valence-electron chi connectivity index (χ4n) is 2.16. The van der Waals surface area contributed by atoms with Crippen LogP contribution >= 0.6 is 0 Å². The Morgan fingerprint density at radius 1 is 1.47 bits per heavy atom. The Kier molecular flexibility index (Phi) is 2.72. The van der Waals surface area contributed by atoms with Crippen molar-refractivity contribution in [1.29, 1.82) is 0 Å². The number of hydrogen-bond acceptors (Lipinski definition) is 4. The van der Waals surface area contributed by atoms with Crippen LogP contribution in [0, 0.1) is 0 Å². The Morgan fingerprint density at radius 3 is 3.05 bits per heavy atom. The van der Waals surface area contributed by atoms with Crippen LogP contribution in [-0.4, -0.2) is 33.4 Å². The van der Waals surface area contributed by atoms with Gasteiger partial charge in [-0.1, -0.05) is 0 Å². The standard InChI is InChI=1S/C13H13N3O3/c1-19-8-2-3-10-9(6-8)11-12(15-10)13(18)16(4-5-17)7-14-11/h2-3,6-7,15,17H,4-5H2,1H3. The average Bonchev–Trinajstić information content (AvgIpc) is 2.80. The number of nitrogens with one attached hydrogen (secondary N) is 1. The molecule has 2 heterocycles. The molecule has 0 saturated heterocycles. The number of rotatable bonds is 3. The predicted molar refractivity (Wildman–Crippen MR) is 71.5 cm³/mol. The van der Waals surface area contributed by atoms with Gasteiger partial charge < -0.3 is 14.8 Å². The molecule has 0 amide bonds. The van der Waals surface area contributed by atoms with Crippen molar-refractivity contribution in [1.82, 2.24) is 14.5 Å². The number of hydrogen-bond donors (Lipinski definition) is 2. The zero-order valence-corrected chi connectivity index (χ0v) is 10.4. The fraction of sp³-hybridized carbons (Fsp3) is 0.231. The molecular formula is C13H13N3O3. The van der Waals surface area contributed by atoms with Crippen LogP contribution in [0.1, 0.15) is 0 Å². The van der Waals surface area contributed by atoms with Gasteiger partial charge in [-0.3, -0.25) is 9.36 Å². The largest absolute Gasteiger partial charge is 0.497 e. The van der Waals surface area contributed by atoms with E-state index >= 15 is 0 Å². The Labute approximate surface area is 108 Å². The van der Waals surface area contributed by atoms with Gasteiger partial charge in [-0.2, -0.15) is 0 Å². The molecule has 0 aliphatic heterocycles. The average molecular weight is 259 g/mol. The van der Waals surface area contributed by atoms with Crippen LogP contribution in [0.2, 0.25) is 0 Å². The molecule has 19 heavy (non-hydrogen) atoms. The Bertz CT molecular complexity index is 804. The number of benzene rings is 1. The highest BCUT2D eigenvalue weighted by Crippen LogP contribution is 2.25. The summed E-state index contributed by atoms with van der Waals surface area (Å²) < 4.78 is 6.56. The molecule has 2 N–H and O–H groups in total. The molecule has 3 rings (SSSR count). The van der Waals surface area contributed by atoms with E-state index in [0.29, 0.717) is 11.0 Å². The van der Waals surface area contributed by atoms with Gasteiger partial charge >= 0.3 is 0 Å². The predicted octanol–water partition coefficient (Wildman–Crippen LogP) is 0.879. The van der Waals surface area contributed by atoms with Gasteiger partial charge in [0, 0.05) is 10.9 Å². The molecular weight excluding hydrogens is 246 g/mol.